The van der Waals surface area contributed by atoms with Crippen LogP contribution in [0, 0.1) is 6.92 Å². The van der Waals surface area contributed by atoms with E-state index in [2.05, 4.69) is 15.2 Å². The first-order chi connectivity index (χ1) is 24.5. The van der Waals surface area contributed by atoms with Crippen LogP contribution in [0.4, 0.5) is 10.5 Å². The third-order valence-electron chi connectivity index (χ3n) is 6.66. The zero-order valence-corrected chi connectivity index (χ0v) is 31.3. The van der Waals surface area contributed by atoms with Crippen molar-refractivity contribution in [2.24, 2.45) is 0 Å². The second kappa shape index (κ2) is 18.6. The predicted octanol–water partition coefficient (Wildman–Crippen LogP) is 7.13. The van der Waals surface area contributed by atoms with Gasteiger partial charge in [0.2, 0.25) is 11.8 Å². The Kier molecular flexibility index (Phi) is 14.3. The molecule has 15 nitrogen and oxygen atoms in total. The molecular weight excluding hydrogens is 723 g/mol. The molecule has 51 heavy (non-hydrogen) atoms. The zero-order valence-electron chi connectivity index (χ0n) is 28.8. The van der Waals surface area contributed by atoms with Crippen LogP contribution in [0.5, 0.6) is 11.8 Å². The minimum atomic E-state index is -2.91. The third-order valence-corrected chi connectivity index (χ3v) is 9.32. The molecule has 0 aliphatic carbocycles. The average molecular weight is 761 g/mol. The molecular formula is C33H38ClN6O9PS. The van der Waals surface area contributed by atoms with Crippen LogP contribution in [0.3, 0.4) is 0 Å². The second-order valence-electron chi connectivity index (χ2n) is 10.1. The van der Waals surface area contributed by atoms with E-state index < -0.39 is 18.8 Å². The molecule has 0 spiro atoms. The molecule has 18 heteroatoms. The largest absolute Gasteiger partial charge is 0.472 e. The van der Waals surface area contributed by atoms with Gasteiger partial charge in [0.15, 0.2) is 5.65 Å². The molecule has 0 fully saturated rings. The monoisotopic (exact) mass is 760 g/mol. The summed E-state index contributed by atoms with van der Waals surface area (Å²) in [5, 5.41) is 10.3. The van der Waals surface area contributed by atoms with Gasteiger partial charge in [0.25, 0.3) is 0 Å². The van der Waals surface area contributed by atoms with Crippen LogP contribution < -0.4 is 14.3 Å². The Morgan fingerprint density at radius 3 is 2.29 bits per heavy atom. The number of nitrogens with zero attached hydrogens (tertiary/aromatic N) is 6. The van der Waals surface area contributed by atoms with E-state index in [9.17, 15) is 9.59 Å². The number of aromatic nitrogens is 5. The predicted molar refractivity (Wildman–Crippen MR) is 193 cm³/mol. The molecule has 0 saturated carbocycles. The fraction of sp³-hybridized carbons (Fsp3) is 0.303. The first-order valence-corrected chi connectivity index (χ1v) is 18.5. The number of esters is 1. The highest BCUT2D eigenvalue weighted by Crippen LogP contribution is 2.49. The highest BCUT2D eigenvalue weighted by Gasteiger charge is 2.24. The molecule has 0 radical (unpaired) electrons. The van der Waals surface area contributed by atoms with Crippen molar-refractivity contribution < 1.29 is 42.2 Å². The van der Waals surface area contributed by atoms with E-state index in [-0.39, 0.29) is 19.1 Å². The number of hydrogen-bond acceptors (Lipinski definition) is 13. The number of hydrogen-bond donors (Lipinski definition) is 0. The SMILES string of the molecule is CCOC(=O)c1cn2nc(OP(=S)(OCC)OCC)cc2nc1C.COC(=O)N(OC)c1ccccc1COc1ccn(-c2ccc(Cl)cc2)n1. The number of amides is 1. The number of fused-ring (bicyclic) bond motifs is 1. The van der Waals surface area contributed by atoms with Gasteiger partial charge in [0.05, 0.1) is 56.7 Å². The summed E-state index contributed by atoms with van der Waals surface area (Å²) in [5.74, 6) is 0.228. The number of carbonyl (C=O) groups excluding carboxylic acids is 2. The summed E-state index contributed by atoms with van der Waals surface area (Å²) in [4.78, 5) is 33.3. The van der Waals surface area contributed by atoms with Gasteiger partial charge in [-0.2, -0.15) is 5.06 Å². The first kappa shape index (κ1) is 39.2. The van der Waals surface area contributed by atoms with Crippen molar-refractivity contribution >= 4 is 53.5 Å². The summed E-state index contributed by atoms with van der Waals surface area (Å²) >= 11 is 11.2. The highest BCUT2D eigenvalue weighted by molar-refractivity contribution is 8.07. The van der Waals surface area contributed by atoms with E-state index in [0.29, 0.717) is 46.7 Å². The maximum atomic E-state index is 11.9. The lowest BCUT2D eigenvalue weighted by molar-refractivity contribution is 0.0524. The summed E-state index contributed by atoms with van der Waals surface area (Å²) in [6.45, 7) is 5.40. The van der Waals surface area contributed by atoms with Gasteiger partial charge in [-0.25, -0.2) is 23.8 Å². The molecule has 0 saturated heterocycles. The normalized spacial score (nSPS) is 11.0. The van der Waals surface area contributed by atoms with E-state index in [0.717, 1.165) is 16.3 Å². The summed E-state index contributed by atoms with van der Waals surface area (Å²) in [6, 6.07) is 17.9. The van der Waals surface area contributed by atoms with E-state index in [1.807, 2.05) is 38.1 Å². The lowest BCUT2D eigenvalue weighted by atomic mass is 10.2. The van der Waals surface area contributed by atoms with Crippen LogP contribution in [-0.4, -0.2) is 70.5 Å². The van der Waals surface area contributed by atoms with Gasteiger partial charge in [-0.3, -0.25) is 13.9 Å². The number of methoxy groups -OCH3 is 1. The molecule has 5 rings (SSSR count). The van der Waals surface area contributed by atoms with E-state index in [1.165, 1.54) is 18.7 Å². The Balaban J connectivity index is 0.000000230. The fourth-order valence-electron chi connectivity index (χ4n) is 4.42. The van der Waals surface area contributed by atoms with Gasteiger partial charge in [-0.1, -0.05) is 29.8 Å². The van der Waals surface area contributed by atoms with Crippen molar-refractivity contribution in [3.63, 3.8) is 0 Å². The number of carbonyl (C=O) groups is 2. The second-order valence-corrected chi connectivity index (χ2v) is 13.4. The zero-order chi connectivity index (χ0) is 37.0. The summed E-state index contributed by atoms with van der Waals surface area (Å²) < 4.78 is 35.1. The molecule has 0 aliphatic heterocycles. The number of aryl methyl sites for hydroxylation is 1. The van der Waals surface area contributed by atoms with Crippen molar-refractivity contribution in [3.8, 4) is 17.4 Å². The van der Waals surface area contributed by atoms with Crippen LogP contribution in [0.1, 0.15) is 42.4 Å². The Bertz CT molecular complexity index is 1960. The Labute approximate surface area is 305 Å². The van der Waals surface area contributed by atoms with Crippen LogP contribution in [0.25, 0.3) is 11.3 Å². The number of para-hydroxylation sites is 1. The van der Waals surface area contributed by atoms with Crippen LogP contribution >= 0.6 is 18.3 Å². The van der Waals surface area contributed by atoms with Gasteiger partial charge < -0.3 is 18.7 Å². The first-order valence-electron chi connectivity index (χ1n) is 15.6. The molecule has 2 aromatic carbocycles. The number of benzene rings is 2. The Morgan fingerprint density at radius 2 is 1.65 bits per heavy atom. The molecule has 272 valence electrons. The van der Waals surface area contributed by atoms with Crippen LogP contribution in [0.2, 0.25) is 5.02 Å². The molecule has 0 bridgehead atoms. The highest BCUT2D eigenvalue weighted by atomic mass is 35.5. The minimum absolute atomic E-state index is 0.199. The third kappa shape index (κ3) is 10.5. The minimum Gasteiger partial charge on any atom is -0.472 e. The van der Waals surface area contributed by atoms with Gasteiger partial charge in [-0.05, 0) is 58.0 Å². The summed E-state index contributed by atoms with van der Waals surface area (Å²) in [7, 11) is 2.68. The number of ether oxygens (including phenoxy) is 3. The van der Waals surface area contributed by atoms with E-state index in [4.69, 9.17) is 56.0 Å². The van der Waals surface area contributed by atoms with Gasteiger partial charge in [-0.15, -0.1) is 10.2 Å². The standard InChI is InChI=1S/C19H18ClN3O4.C14H20N3O5PS/c1-25-19(24)23(26-2)17-6-4-3-5-14(17)13-27-18-11-12-22(21-18)16-9-7-15(20)8-10-16;1-5-19-14(18)11-9-17-12(15-10(11)4)8-13(16-17)22-23(24,20-6-2)21-7-3/h3-12H,13H2,1-2H3;8-9H,5-7H2,1-4H3. The maximum Gasteiger partial charge on any atom is 0.438 e. The number of hydroxylamine groups is 1. The molecule has 1 amide bonds. The van der Waals surface area contributed by atoms with Crippen molar-refractivity contribution in [3.05, 3.63) is 94.9 Å². The number of anilines is 1. The molecule has 0 N–H and O–H groups in total. The molecule has 0 aliphatic rings. The summed E-state index contributed by atoms with van der Waals surface area (Å²) in [6.07, 6.45) is 2.71. The van der Waals surface area contributed by atoms with Crippen LogP contribution in [0.15, 0.2) is 73.1 Å². The Morgan fingerprint density at radius 1 is 0.941 bits per heavy atom. The molecule has 0 atom stereocenters. The average Bonchev–Trinajstić information content (AvgIpc) is 3.74. The Hall–Kier alpha value is -4.57. The van der Waals surface area contributed by atoms with Gasteiger partial charge in [0, 0.05) is 46.9 Å². The maximum absolute atomic E-state index is 11.9. The van der Waals surface area contributed by atoms with Crippen molar-refractivity contribution in [1.29, 1.82) is 0 Å². The lowest BCUT2D eigenvalue weighted by Crippen LogP contribution is -2.30. The van der Waals surface area contributed by atoms with Crippen LogP contribution in [-0.2, 0) is 41.8 Å². The number of halogens is 1. The smallest absolute Gasteiger partial charge is 0.438 e. The van der Waals surface area contributed by atoms with Gasteiger partial charge in [0.1, 0.15) is 6.61 Å². The van der Waals surface area contributed by atoms with Crippen molar-refractivity contribution in [1.82, 2.24) is 24.4 Å². The van der Waals surface area contributed by atoms with Crippen molar-refractivity contribution in [2.45, 2.75) is 34.3 Å². The molecule has 5 aromatic rings. The lowest BCUT2D eigenvalue weighted by Gasteiger charge is -2.20. The number of rotatable bonds is 14. The topological polar surface area (TPSA) is 150 Å². The van der Waals surface area contributed by atoms with E-state index >= 15 is 0 Å². The molecule has 0 unspecified atom stereocenters. The van der Waals surface area contributed by atoms with Gasteiger partial charge >= 0.3 is 18.8 Å². The van der Waals surface area contributed by atoms with E-state index in [1.54, 1.807) is 67.3 Å². The van der Waals surface area contributed by atoms with Crippen molar-refractivity contribution in [2.75, 3.05) is 39.1 Å². The fourth-order valence-corrected chi connectivity index (χ4v) is 6.54. The molecule has 3 aromatic heterocycles. The molecule has 3 heterocycles. The summed E-state index contributed by atoms with van der Waals surface area (Å²) in [5.41, 5.74) is 3.54. The quantitative estimate of drug-likeness (QED) is 0.0642.